The molecule has 0 radical (unpaired) electrons. The Morgan fingerprint density at radius 1 is 1.46 bits per heavy atom. The van der Waals surface area contributed by atoms with Crippen molar-refractivity contribution in [2.75, 3.05) is 7.05 Å². The Hall–Kier alpha value is -0.930. The summed E-state index contributed by atoms with van der Waals surface area (Å²) in [5.41, 5.74) is 6.85. The van der Waals surface area contributed by atoms with E-state index in [1.165, 1.54) is 0 Å². The molecule has 0 aromatic carbocycles. The van der Waals surface area contributed by atoms with Crippen LogP contribution in [0, 0.1) is 0 Å². The fourth-order valence-electron chi connectivity index (χ4n) is 1.09. The molecule has 0 aliphatic heterocycles. The Bertz CT molecular complexity index is 256. The first-order chi connectivity index (χ1) is 6.08. The summed E-state index contributed by atoms with van der Waals surface area (Å²) in [4.78, 5) is 4.23. The van der Waals surface area contributed by atoms with Gasteiger partial charge in [0.2, 0.25) is 0 Å². The van der Waals surface area contributed by atoms with Crippen LogP contribution in [0.25, 0.3) is 0 Å². The van der Waals surface area contributed by atoms with Crippen molar-refractivity contribution < 1.29 is 0 Å². The highest BCUT2D eigenvalue weighted by molar-refractivity contribution is 5.12. The van der Waals surface area contributed by atoms with E-state index in [1.807, 2.05) is 25.2 Å². The number of nitrogens with one attached hydrogen (secondary N) is 1. The smallest absolute Gasteiger partial charge is 0.0649 e. The first-order valence-electron chi connectivity index (χ1n) is 4.43. The number of pyridine rings is 1. The zero-order valence-electron chi connectivity index (χ0n) is 8.41. The van der Waals surface area contributed by atoms with Crippen molar-refractivity contribution in [3.05, 3.63) is 30.1 Å². The molecule has 0 aliphatic carbocycles. The topological polar surface area (TPSA) is 50.9 Å². The van der Waals surface area contributed by atoms with Crippen molar-refractivity contribution >= 4 is 0 Å². The van der Waals surface area contributed by atoms with Crippen LogP contribution >= 0.6 is 0 Å². The van der Waals surface area contributed by atoms with Crippen molar-refractivity contribution in [3.8, 4) is 0 Å². The van der Waals surface area contributed by atoms with E-state index < -0.39 is 0 Å². The highest BCUT2D eigenvalue weighted by atomic mass is 15.0. The maximum absolute atomic E-state index is 6.06. The molecule has 3 N–H and O–H groups in total. The van der Waals surface area contributed by atoms with Gasteiger partial charge in [0.15, 0.2) is 0 Å². The summed E-state index contributed by atoms with van der Waals surface area (Å²) in [5.74, 6) is 0. The predicted octanol–water partition coefficient (Wildman–Crippen LogP) is 1.08. The van der Waals surface area contributed by atoms with Crippen LogP contribution in [0.4, 0.5) is 0 Å². The van der Waals surface area contributed by atoms with Crippen LogP contribution in [-0.2, 0) is 0 Å². The van der Waals surface area contributed by atoms with Gasteiger partial charge in [0.05, 0.1) is 11.7 Å². The van der Waals surface area contributed by atoms with Gasteiger partial charge in [0, 0.05) is 11.7 Å². The third kappa shape index (κ3) is 2.26. The first-order valence-corrected chi connectivity index (χ1v) is 4.43. The van der Waals surface area contributed by atoms with Gasteiger partial charge >= 0.3 is 0 Å². The lowest BCUT2D eigenvalue weighted by Gasteiger charge is -2.30. The van der Waals surface area contributed by atoms with E-state index in [1.54, 1.807) is 6.20 Å². The molecule has 1 aromatic heterocycles. The Kier molecular flexibility index (Phi) is 3.01. The van der Waals surface area contributed by atoms with Gasteiger partial charge in [-0.05, 0) is 33.0 Å². The van der Waals surface area contributed by atoms with E-state index in [-0.39, 0.29) is 11.6 Å². The van der Waals surface area contributed by atoms with E-state index in [4.69, 9.17) is 5.73 Å². The van der Waals surface area contributed by atoms with E-state index >= 15 is 0 Å². The van der Waals surface area contributed by atoms with E-state index in [9.17, 15) is 0 Å². The Labute approximate surface area is 79.4 Å². The minimum absolute atomic E-state index is 0.0845. The fourth-order valence-corrected chi connectivity index (χ4v) is 1.09. The van der Waals surface area contributed by atoms with Crippen LogP contribution in [-0.4, -0.2) is 17.6 Å². The second-order valence-electron chi connectivity index (χ2n) is 3.70. The lowest BCUT2D eigenvalue weighted by Crippen LogP contribution is -2.46. The zero-order valence-corrected chi connectivity index (χ0v) is 8.41. The number of hydrogen-bond acceptors (Lipinski definition) is 3. The molecule has 3 nitrogen and oxygen atoms in total. The Morgan fingerprint density at radius 2 is 2.15 bits per heavy atom. The fraction of sp³-hybridized carbons (Fsp3) is 0.500. The molecule has 0 amide bonds. The van der Waals surface area contributed by atoms with Crippen LogP contribution in [0.2, 0.25) is 0 Å². The van der Waals surface area contributed by atoms with Gasteiger partial charge in [-0.2, -0.15) is 0 Å². The Morgan fingerprint density at radius 3 is 2.62 bits per heavy atom. The summed E-state index contributed by atoms with van der Waals surface area (Å²) in [6.07, 6.45) is 1.76. The lowest BCUT2D eigenvalue weighted by molar-refractivity contribution is 0.343. The van der Waals surface area contributed by atoms with Gasteiger partial charge in [-0.25, -0.2) is 0 Å². The molecule has 1 aromatic rings. The largest absolute Gasteiger partial charge is 0.321 e. The summed E-state index contributed by atoms with van der Waals surface area (Å²) in [5, 5.41) is 3.17. The minimum atomic E-state index is -0.131. The standard InChI is InChI=1S/C10H17N3/c1-10(2,12-3)9(11)8-6-4-5-7-13-8/h4-7,9,12H,11H2,1-3H3. The molecule has 1 rings (SSSR count). The molecule has 0 saturated heterocycles. The molecule has 0 saturated carbocycles. The second kappa shape index (κ2) is 3.85. The average Bonchev–Trinajstić information content (AvgIpc) is 2.18. The summed E-state index contributed by atoms with van der Waals surface area (Å²) < 4.78 is 0. The summed E-state index contributed by atoms with van der Waals surface area (Å²) in [7, 11) is 1.91. The molecule has 1 unspecified atom stereocenters. The monoisotopic (exact) mass is 179 g/mol. The molecule has 0 spiro atoms. The third-order valence-electron chi connectivity index (χ3n) is 2.43. The quantitative estimate of drug-likeness (QED) is 0.730. The molecule has 1 atom stereocenters. The molecular formula is C10H17N3. The average molecular weight is 179 g/mol. The number of nitrogens with zero attached hydrogens (tertiary/aromatic N) is 1. The van der Waals surface area contributed by atoms with Gasteiger partial charge in [-0.1, -0.05) is 6.07 Å². The maximum atomic E-state index is 6.06. The Balaban J connectivity index is 2.85. The number of nitrogens with two attached hydrogens (primary N) is 1. The molecule has 3 heteroatoms. The van der Waals surface area contributed by atoms with Crippen LogP contribution in [0.15, 0.2) is 24.4 Å². The highest BCUT2D eigenvalue weighted by Gasteiger charge is 2.26. The van der Waals surface area contributed by atoms with Gasteiger partial charge in [0.1, 0.15) is 0 Å². The molecule has 1 heterocycles. The van der Waals surface area contributed by atoms with E-state index in [0.29, 0.717) is 0 Å². The SMILES string of the molecule is CNC(C)(C)C(N)c1ccccn1. The third-order valence-corrected chi connectivity index (χ3v) is 2.43. The number of aromatic nitrogens is 1. The molecule has 0 fully saturated rings. The number of hydrogen-bond donors (Lipinski definition) is 2. The first kappa shape index (κ1) is 10.2. The summed E-state index contributed by atoms with van der Waals surface area (Å²) >= 11 is 0. The van der Waals surface area contributed by atoms with Crippen LogP contribution < -0.4 is 11.1 Å². The molecule has 0 aliphatic rings. The van der Waals surface area contributed by atoms with E-state index in [0.717, 1.165) is 5.69 Å². The lowest BCUT2D eigenvalue weighted by atomic mass is 9.93. The van der Waals surface area contributed by atoms with Crippen LogP contribution in [0.1, 0.15) is 25.6 Å². The minimum Gasteiger partial charge on any atom is -0.321 e. The maximum Gasteiger partial charge on any atom is 0.0649 e. The predicted molar refractivity (Wildman–Crippen MR) is 54.3 cm³/mol. The summed E-state index contributed by atoms with van der Waals surface area (Å²) in [6.45, 7) is 4.12. The number of rotatable bonds is 3. The second-order valence-corrected chi connectivity index (χ2v) is 3.70. The van der Waals surface area contributed by atoms with Crippen molar-refractivity contribution in [1.82, 2.24) is 10.3 Å². The number of likely N-dealkylation sites (N-methyl/N-ethyl adjacent to an activating group) is 1. The van der Waals surface area contributed by atoms with Gasteiger partial charge in [-0.15, -0.1) is 0 Å². The molecule has 13 heavy (non-hydrogen) atoms. The van der Waals surface area contributed by atoms with Crippen LogP contribution in [0.3, 0.4) is 0 Å². The van der Waals surface area contributed by atoms with Crippen molar-refractivity contribution in [1.29, 1.82) is 0 Å². The zero-order chi connectivity index (χ0) is 9.90. The molecular weight excluding hydrogens is 162 g/mol. The normalized spacial score (nSPS) is 14.2. The highest BCUT2D eigenvalue weighted by Crippen LogP contribution is 2.20. The van der Waals surface area contributed by atoms with Gasteiger partial charge < -0.3 is 11.1 Å². The van der Waals surface area contributed by atoms with Crippen molar-refractivity contribution in [3.63, 3.8) is 0 Å². The van der Waals surface area contributed by atoms with E-state index in [2.05, 4.69) is 24.1 Å². The van der Waals surface area contributed by atoms with Crippen LogP contribution in [0.5, 0.6) is 0 Å². The summed E-state index contributed by atoms with van der Waals surface area (Å²) in [6, 6.07) is 5.71. The van der Waals surface area contributed by atoms with Gasteiger partial charge in [0.25, 0.3) is 0 Å². The van der Waals surface area contributed by atoms with Crippen molar-refractivity contribution in [2.24, 2.45) is 5.73 Å². The van der Waals surface area contributed by atoms with Crippen molar-refractivity contribution in [2.45, 2.75) is 25.4 Å². The van der Waals surface area contributed by atoms with Gasteiger partial charge in [-0.3, -0.25) is 4.98 Å². The molecule has 72 valence electrons. The molecule has 0 bridgehead atoms.